The third kappa shape index (κ3) is 5.23. The van der Waals surface area contributed by atoms with Crippen molar-refractivity contribution in [1.82, 2.24) is 4.31 Å². The summed E-state index contributed by atoms with van der Waals surface area (Å²) in [6.07, 6.45) is 1.24. The van der Waals surface area contributed by atoms with Crippen LogP contribution in [0.2, 0.25) is 0 Å². The summed E-state index contributed by atoms with van der Waals surface area (Å²) < 4.78 is 30.1. The van der Waals surface area contributed by atoms with Crippen molar-refractivity contribution >= 4 is 28.6 Å². The Kier molecular flexibility index (Phi) is 6.30. The molecular weight excluding hydrogens is 302 g/mol. The highest BCUT2D eigenvalue weighted by atomic mass is 32.2. The molecule has 118 valence electrons. The fraction of sp³-hybridized carbons (Fsp3) is 0.917. The van der Waals surface area contributed by atoms with Crippen LogP contribution in [0.3, 0.4) is 0 Å². The van der Waals surface area contributed by atoms with Gasteiger partial charge in [-0.25, -0.2) is 13.2 Å². The van der Waals surface area contributed by atoms with E-state index in [1.54, 1.807) is 0 Å². The van der Waals surface area contributed by atoms with Gasteiger partial charge in [-0.2, -0.15) is 16.9 Å². The van der Waals surface area contributed by atoms with Gasteiger partial charge >= 0.3 is 5.97 Å². The summed E-state index contributed by atoms with van der Waals surface area (Å²) >= 11 is 4.31. The number of rotatable bonds is 7. The van der Waals surface area contributed by atoms with Gasteiger partial charge in [0.2, 0.25) is 10.0 Å². The molecule has 0 unspecified atom stereocenters. The standard InChI is InChI=1S/C12H23NO5S2/c1-8(2)4-11(12(14)15)18-7-9-5-10(19)6-13(9)20(3,16)17/h8-11,19H,4-7H2,1-3H3,(H,14,15)/t9-,10+,11+/m0/s1. The van der Waals surface area contributed by atoms with Crippen molar-refractivity contribution < 1.29 is 23.1 Å². The molecule has 1 fully saturated rings. The van der Waals surface area contributed by atoms with Gasteiger partial charge in [-0.1, -0.05) is 13.8 Å². The first-order valence-corrected chi connectivity index (χ1v) is 8.97. The molecule has 0 aromatic carbocycles. The zero-order valence-corrected chi connectivity index (χ0v) is 13.7. The van der Waals surface area contributed by atoms with E-state index < -0.39 is 22.1 Å². The smallest absolute Gasteiger partial charge is 0.332 e. The van der Waals surface area contributed by atoms with E-state index in [0.717, 1.165) is 6.26 Å². The molecule has 1 rings (SSSR count). The van der Waals surface area contributed by atoms with Crippen LogP contribution in [0.25, 0.3) is 0 Å². The maximum atomic E-state index is 11.7. The topological polar surface area (TPSA) is 83.9 Å². The summed E-state index contributed by atoms with van der Waals surface area (Å²) in [7, 11) is -3.32. The van der Waals surface area contributed by atoms with Crippen molar-refractivity contribution in [2.24, 2.45) is 5.92 Å². The molecule has 6 nitrogen and oxygen atoms in total. The minimum absolute atomic E-state index is 0.0355. The SMILES string of the molecule is CC(C)C[C@@H](OC[C@@H]1C[C@@H](S)CN1S(C)(=O)=O)C(=O)O. The second kappa shape index (κ2) is 7.11. The van der Waals surface area contributed by atoms with Crippen LogP contribution in [0.15, 0.2) is 0 Å². The summed E-state index contributed by atoms with van der Waals surface area (Å²) in [5.74, 6) is -0.812. The number of carbonyl (C=O) groups is 1. The van der Waals surface area contributed by atoms with Gasteiger partial charge in [-0.3, -0.25) is 0 Å². The van der Waals surface area contributed by atoms with E-state index in [4.69, 9.17) is 9.84 Å². The van der Waals surface area contributed by atoms with Crippen molar-refractivity contribution in [3.05, 3.63) is 0 Å². The van der Waals surface area contributed by atoms with Crippen LogP contribution in [-0.2, 0) is 19.6 Å². The lowest BCUT2D eigenvalue weighted by Gasteiger charge is -2.24. The van der Waals surface area contributed by atoms with Crippen molar-refractivity contribution in [3.63, 3.8) is 0 Å². The maximum absolute atomic E-state index is 11.7. The van der Waals surface area contributed by atoms with Gasteiger partial charge in [0, 0.05) is 17.8 Å². The normalized spacial score (nSPS) is 26.1. The molecule has 1 N–H and O–H groups in total. The molecule has 1 saturated heterocycles. The number of thiol groups is 1. The molecule has 0 bridgehead atoms. The number of hydrogen-bond donors (Lipinski definition) is 2. The molecule has 1 aliphatic rings. The van der Waals surface area contributed by atoms with Crippen molar-refractivity contribution in [3.8, 4) is 0 Å². The average molecular weight is 325 g/mol. The molecule has 0 spiro atoms. The molecule has 0 saturated carbocycles. The van der Waals surface area contributed by atoms with E-state index in [1.165, 1.54) is 4.31 Å². The molecular formula is C12H23NO5S2. The Morgan fingerprint density at radius 1 is 1.50 bits per heavy atom. The number of hydrogen-bond acceptors (Lipinski definition) is 5. The highest BCUT2D eigenvalue weighted by Crippen LogP contribution is 2.25. The second-order valence-electron chi connectivity index (χ2n) is 5.67. The van der Waals surface area contributed by atoms with Crippen LogP contribution >= 0.6 is 12.6 Å². The first kappa shape index (κ1) is 17.7. The van der Waals surface area contributed by atoms with E-state index in [0.29, 0.717) is 19.4 Å². The minimum atomic E-state index is -3.32. The monoisotopic (exact) mass is 325 g/mol. The van der Waals surface area contributed by atoms with Gasteiger partial charge in [0.05, 0.1) is 12.9 Å². The zero-order chi connectivity index (χ0) is 15.5. The van der Waals surface area contributed by atoms with Gasteiger partial charge in [0.25, 0.3) is 0 Å². The molecule has 1 aliphatic heterocycles. The molecule has 0 aromatic rings. The van der Waals surface area contributed by atoms with E-state index in [-0.39, 0.29) is 23.8 Å². The molecule has 0 amide bonds. The lowest BCUT2D eigenvalue weighted by molar-refractivity contribution is -0.152. The highest BCUT2D eigenvalue weighted by Gasteiger charge is 2.37. The lowest BCUT2D eigenvalue weighted by atomic mass is 10.1. The quantitative estimate of drug-likeness (QED) is 0.678. The Morgan fingerprint density at radius 3 is 2.55 bits per heavy atom. The van der Waals surface area contributed by atoms with Crippen molar-refractivity contribution in [2.75, 3.05) is 19.4 Å². The van der Waals surface area contributed by atoms with Gasteiger partial charge in [0.15, 0.2) is 6.10 Å². The number of carboxylic acids is 1. The molecule has 0 aromatic heterocycles. The van der Waals surface area contributed by atoms with Crippen LogP contribution in [0, 0.1) is 5.92 Å². The number of aliphatic carboxylic acids is 1. The van der Waals surface area contributed by atoms with Crippen molar-refractivity contribution in [1.29, 1.82) is 0 Å². The minimum Gasteiger partial charge on any atom is -0.479 e. The molecule has 3 atom stereocenters. The first-order valence-electron chi connectivity index (χ1n) is 6.60. The third-order valence-electron chi connectivity index (χ3n) is 3.22. The average Bonchev–Trinajstić information content (AvgIpc) is 2.64. The third-order valence-corrected chi connectivity index (χ3v) is 4.89. The number of nitrogens with zero attached hydrogens (tertiary/aromatic N) is 1. The Bertz CT molecular complexity index is 437. The van der Waals surface area contributed by atoms with Crippen LogP contribution in [0.5, 0.6) is 0 Å². The predicted molar refractivity (Wildman–Crippen MR) is 79.6 cm³/mol. The summed E-state index contributed by atoms with van der Waals surface area (Å²) in [6.45, 7) is 4.27. The molecule has 0 radical (unpaired) electrons. The van der Waals surface area contributed by atoms with Gasteiger partial charge in [-0.15, -0.1) is 0 Å². The van der Waals surface area contributed by atoms with Crippen LogP contribution < -0.4 is 0 Å². The van der Waals surface area contributed by atoms with Gasteiger partial charge in [0.1, 0.15) is 0 Å². The fourth-order valence-corrected chi connectivity index (χ4v) is 3.98. The van der Waals surface area contributed by atoms with Crippen LogP contribution in [-0.4, -0.2) is 60.6 Å². The lowest BCUT2D eigenvalue weighted by Crippen LogP contribution is -2.39. The second-order valence-corrected chi connectivity index (χ2v) is 8.33. The first-order chi connectivity index (χ1) is 9.11. The number of ether oxygens (including phenoxy) is 1. The number of carboxylic acid groups (broad SMARTS) is 1. The van der Waals surface area contributed by atoms with Gasteiger partial charge in [-0.05, 0) is 18.8 Å². The summed E-state index contributed by atoms with van der Waals surface area (Å²) in [5.41, 5.74) is 0. The zero-order valence-electron chi connectivity index (χ0n) is 12.0. The van der Waals surface area contributed by atoms with E-state index in [9.17, 15) is 13.2 Å². The van der Waals surface area contributed by atoms with E-state index in [1.807, 2.05) is 13.8 Å². The maximum Gasteiger partial charge on any atom is 0.332 e. The Labute approximate surface area is 125 Å². The number of sulfonamides is 1. The van der Waals surface area contributed by atoms with Crippen molar-refractivity contribution in [2.45, 2.75) is 44.1 Å². The molecule has 1 heterocycles. The Hall–Kier alpha value is -0.310. The van der Waals surface area contributed by atoms with Crippen LogP contribution in [0.4, 0.5) is 0 Å². The van der Waals surface area contributed by atoms with E-state index in [2.05, 4.69) is 12.6 Å². The van der Waals surface area contributed by atoms with E-state index >= 15 is 0 Å². The van der Waals surface area contributed by atoms with Crippen LogP contribution in [0.1, 0.15) is 26.7 Å². The largest absolute Gasteiger partial charge is 0.479 e. The Morgan fingerprint density at radius 2 is 2.10 bits per heavy atom. The predicted octanol–water partition coefficient (Wildman–Crippen LogP) is 0.835. The highest BCUT2D eigenvalue weighted by molar-refractivity contribution is 7.88. The molecule has 8 heteroatoms. The summed E-state index contributed by atoms with van der Waals surface area (Å²) in [4.78, 5) is 11.1. The fourth-order valence-electron chi connectivity index (χ4n) is 2.32. The molecule has 20 heavy (non-hydrogen) atoms. The summed E-state index contributed by atoms with van der Waals surface area (Å²) in [5, 5.41) is 9.07. The summed E-state index contributed by atoms with van der Waals surface area (Å²) in [6, 6.07) is -0.332. The molecule has 0 aliphatic carbocycles. The van der Waals surface area contributed by atoms with Gasteiger partial charge < -0.3 is 9.84 Å². The Balaban J connectivity index is 2.64.